The number of nitrogens with zero attached hydrogens (tertiary/aromatic N) is 3. The Morgan fingerprint density at radius 3 is 2.07 bits per heavy atom. The molecule has 0 atom stereocenters. The maximum absolute atomic E-state index is 12.4. The number of carbonyl (C=O) groups excluding carboxylic acids is 1. The molecule has 1 aromatic heterocycles. The molecule has 29 heavy (non-hydrogen) atoms. The molecule has 3 aromatic rings. The fourth-order valence-corrected chi connectivity index (χ4v) is 3.02. The molecule has 1 amide bonds. The van der Waals surface area contributed by atoms with Gasteiger partial charge in [-0.15, -0.1) is 0 Å². The zero-order chi connectivity index (χ0) is 20.6. The number of aromatic nitrogens is 2. The third-order valence-electron chi connectivity index (χ3n) is 4.77. The van der Waals surface area contributed by atoms with Gasteiger partial charge in [0.2, 0.25) is 0 Å². The molecule has 0 aliphatic rings. The predicted molar refractivity (Wildman–Crippen MR) is 119 cm³/mol. The monoisotopic (exact) mass is 389 g/mol. The first-order valence-corrected chi connectivity index (χ1v) is 9.97. The molecule has 2 aromatic carbocycles. The van der Waals surface area contributed by atoms with Crippen LogP contribution >= 0.6 is 0 Å². The highest BCUT2D eigenvalue weighted by atomic mass is 16.1. The number of rotatable bonds is 8. The summed E-state index contributed by atoms with van der Waals surface area (Å²) in [5.41, 5.74) is 4.34. The topological polar surface area (TPSA) is 70.2 Å². The van der Waals surface area contributed by atoms with E-state index in [0.29, 0.717) is 5.82 Å². The molecule has 0 spiro atoms. The molecule has 1 heterocycles. The van der Waals surface area contributed by atoms with Crippen molar-refractivity contribution in [1.29, 1.82) is 0 Å². The minimum Gasteiger partial charge on any atom is -0.372 e. The third-order valence-corrected chi connectivity index (χ3v) is 4.77. The van der Waals surface area contributed by atoms with Crippen LogP contribution in [0.1, 0.15) is 36.8 Å². The van der Waals surface area contributed by atoms with Crippen LogP contribution in [0.25, 0.3) is 0 Å². The average molecular weight is 390 g/mol. The highest BCUT2D eigenvalue weighted by Gasteiger charge is 2.09. The summed E-state index contributed by atoms with van der Waals surface area (Å²) < 4.78 is 0. The van der Waals surface area contributed by atoms with Crippen molar-refractivity contribution in [1.82, 2.24) is 9.97 Å². The predicted octanol–water partition coefficient (Wildman–Crippen LogP) is 4.88. The number of benzene rings is 2. The van der Waals surface area contributed by atoms with Crippen molar-refractivity contribution in [2.24, 2.45) is 0 Å². The Labute approximate surface area is 172 Å². The van der Waals surface area contributed by atoms with Crippen molar-refractivity contribution < 1.29 is 4.79 Å². The van der Waals surface area contributed by atoms with Gasteiger partial charge in [-0.1, -0.05) is 19.1 Å². The van der Waals surface area contributed by atoms with E-state index in [4.69, 9.17) is 0 Å². The summed E-state index contributed by atoms with van der Waals surface area (Å²) in [5.74, 6) is 0.307. The van der Waals surface area contributed by atoms with Crippen LogP contribution in [0.2, 0.25) is 0 Å². The SMILES string of the molecule is CCc1ccc(NC(=O)c2cnc(Nc3ccc(N(CC)CC)cc3)cn2)cc1. The molecule has 0 unspecified atom stereocenters. The van der Waals surface area contributed by atoms with E-state index in [1.165, 1.54) is 17.4 Å². The maximum Gasteiger partial charge on any atom is 0.275 e. The summed E-state index contributed by atoms with van der Waals surface area (Å²) in [7, 11) is 0. The lowest BCUT2D eigenvalue weighted by Gasteiger charge is -2.21. The number of hydrogen-bond donors (Lipinski definition) is 2. The van der Waals surface area contributed by atoms with Gasteiger partial charge < -0.3 is 15.5 Å². The van der Waals surface area contributed by atoms with Gasteiger partial charge in [0.15, 0.2) is 0 Å². The fraction of sp³-hybridized carbons (Fsp3) is 0.261. The highest BCUT2D eigenvalue weighted by Crippen LogP contribution is 2.20. The minimum absolute atomic E-state index is 0.270. The quantitative estimate of drug-likeness (QED) is 0.574. The Kier molecular flexibility index (Phi) is 6.79. The Morgan fingerprint density at radius 2 is 1.52 bits per heavy atom. The van der Waals surface area contributed by atoms with Crippen molar-refractivity contribution in [2.45, 2.75) is 27.2 Å². The second-order valence-electron chi connectivity index (χ2n) is 6.64. The molecule has 0 saturated carbocycles. The van der Waals surface area contributed by atoms with E-state index in [-0.39, 0.29) is 11.6 Å². The van der Waals surface area contributed by atoms with Crippen molar-refractivity contribution in [3.05, 3.63) is 72.2 Å². The second-order valence-corrected chi connectivity index (χ2v) is 6.64. The lowest BCUT2D eigenvalue weighted by Crippen LogP contribution is -2.21. The first-order valence-electron chi connectivity index (χ1n) is 9.97. The molecule has 0 radical (unpaired) electrons. The molecule has 0 bridgehead atoms. The number of amides is 1. The van der Waals surface area contributed by atoms with Crippen LogP contribution in [0.4, 0.5) is 22.9 Å². The van der Waals surface area contributed by atoms with E-state index in [1.807, 2.05) is 36.4 Å². The molecule has 0 fully saturated rings. The van der Waals surface area contributed by atoms with E-state index in [0.717, 1.165) is 30.9 Å². The van der Waals surface area contributed by atoms with Crippen LogP contribution in [0, 0.1) is 0 Å². The van der Waals surface area contributed by atoms with Gasteiger partial charge >= 0.3 is 0 Å². The molecule has 0 aliphatic heterocycles. The number of nitrogens with one attached hydrogen (secondary N) is 2. The first-order chi connectivity index (χ1) is 14.1. The Hall–Kier alpha value is -3.41. The summed E-state index contributed by atoms with van der Waals surface area (Å²) in [6, 6.07) is 16.0. The van der Waals surface area contributed by atoms with E-state index < -0.39 is 0 Å². The van der Waals surface area contributed by atoms with E-state index >= 15 is 0 Å². The average Bonchev–Trinajstić information content (AvgIpc) is 2.77. The summed E-state index contributed by atoms with van der Waals surface area (Å²) in [6.45, 7) is 8.33. The van der Waals surface area contributed by atoms with E-state index in [1.54, 1.807) is 6.20 Å². The molecule has 2 N–H and O–H groups in total. The van der Waals surface area contributed by atoms with Crippen molar-refractivity contribution in [3.63, 3.8) is 0 Å². The van der Waals surface area contributed by atoms with Crippen LogP contribution in [-0.2, 0) is 6.42 Å². The molecule has 6 heteroatoms. The molecular formula is C23H27N5O. The van der Waals surface area contributed by atoms with Crippen molar-refractivity contribution in [3.8, 4) is 0 Å². The molecular weight excluding hydrogens is 362 g/mol. The largest absolute Gasteiger partial charge is 0.372 e. The van der Waals surface area contributed by atoms with E-state index in [9.17, 15) is 4.79 Å². The molecule has 0 saturated heterocycles. The van der Waals surface area contributed by atoms with Gasteiger partial charge in [0, 0.05) is 30.2 Å². The molecule has 150 valence electrons. The summed E-state index contributed by atoms with van der Waals surface area (Å²) in [4.78, 5) is 23.2. The number of hydrogen-bond acceptors (Lipinski definition) is 5. The van der Waals surface area contributed by atoms with Gasteiger partial charge in [-0.25, -0.2) is 9.97 Å². The van der Waals surface area contributed by atoms with Crippen molar-refractivity contribution in [2.75, 3.05) is 28.6 Å². The summed E-state index contributed by atoms with van der Waals surface area (Å²) in [6.07, 6.45) is 4.00. The lowest BCUT2D eigenvalue weighted by molar-refractivity contribution is 0.102. The second kappa shape index (κ2) is 9.68. The van der Waals surface area contributed by atoms with Crippen LogP contribution in [0.15, 0.2) is 60.9 Å². The van der Waals surface area contributed by atoms with Gasteiger partial charge in [0.25, 0.3) is 5.91 Å². The summed E-state index contributed by atoms with van der Waals surface area (Å²) >= 11 is 0. The van der Waals surface area contributed by atoms with Gasteiger partial charge in [0.05, 0.1) is 12.4 Å². The van der Waals surface area contributed by atoms with Crippen LogP contribution in [0.5, 0.6) is 0 Å². The zero-order valence-electron chi connectivity index (χ0n) is 17.1. The first kappa shape index (κ1) is 20.3. The lowest BCUT2D eigenvalue weighted by atomic mass is 10.1. The Morgan fingerprint density at radius 1 is 0.862 bits per heavy atom. The number of anilines is 4. The standard InChI is InChI=1S/C23H27N5O/c1-4-17-7-9-19(10-8-17)27-23(29)21-15-25-22(16-24-21)26-18-11-13-20(14-12-18)28(5-2)6-3/h7-16H,4-6H2,1-3H3,(H,25,26)(H,27,29). The smallest absolute Gasteiger partial charge is 0.275 e. The van der Waals surface area contributed by atoms with Crippen LogP contribution in [-0.4, -0.2) is 29.0 Å². The summed E-state index contributed by atoms with van der Waals surface area (Å²) in [5, 5.41) is 6.05. The molecule has 0 aliphatic carbocycles. The maximum atomic E-state index is 12.4. The van der Waals surface area contributed by atoms with Gasteiger partial charge in [0.1, 0.15) is 11.5 Å². The Balaban J connectivity index is 1.61. The normalized spacial score (nSPS) is 10.4. The Bertz CT molecular complexity index is 917. The van der Waals surface area contributed by atoms with Crippen LogP contribution < -0.4 is 15.5 Å². The zero-order valence-corrected chi connectivity index (χ0v) is 17.1. The molecule has 6 nitrogen and oxygen atoms in total. The van der Waals surface area contributed by atoms with Gasteiger partial charge in [-0.3, -0.25) is 4.79 Å². The minimum atomic E-state index is -0.281. The third kappa shape index (κ3) is 5.31. The van der Waals surface area contributed by atoms with Crippen LogP contribution in [0.3, 0.4) is 0 Å². The number of aryl methyl sites for hydroxylation is 1. The molecule has 3 rings (SSSR count). The van der Waals surface area contributed by atoms with Gasteiger partial charge in [-0.2, -0.15) is 0 Å². The van der Waals surface area contributed by atoms with Gasteiger partial charge in [-0.05, 0) is 62.2 Å². The fourth-order valence-electron chi connectivity index (χ4n) is 3.02. The van der Waals surface area contributed by atoms with E-state index in [2.05, 4.69) is 58.4 Å². The highest BCUT2D eigenvalue weighted by molar-refractivity contribution is 6.02. The number of carbonyl (C=O) groups is 1. The van der Waals surface area contributed by atoms with Crippen molar-refractivity contribution >= 4 is 28.8 Å².